The molecule has 0 heterocycles. The predicted molar refractivity (Wildman–Crippen MR) is 48.7 cm³/mol. The summed E-state index contributed by atoms with van der Waals surface area (Å²) in [6.45, 7) is 10.1. The van der Waals surface area contributed by atoms with Crippen molar-refractivity contribution in [1.82, 2.24) is 0 Å². The third kappa shape index (κ3) is 2.66. The Morgan fingerprint density at radius 1 is 1.08 bits per heavy atom. The summed E-state index contributed by atoms with van der Waals surface area (Å²) in [5, 5.41) is 0. The van der Waals surface area contributed by atoms with Gasteiger partial charge in [0.15, 0.2) is 11.6 Å². The molecule has 0 saturated carbocycles. The molecule has 0 aliphatic heterocycles. The highest BCUT2D eigenvalue weighted by Crippen LogP contribution is 2.08. The third-order valence-corrected chi connectivity index (χ3v) is 1.49. The number of carbonyl (C=O) groups excluding carboxylic acids is 2. The molecule has 0 rings (SSSR count). The normalized spacial score (nSPS) is 9.08. The van der Waals surface area contributed by atoms with Gasteiger partial charge >= 0.3 is 0 Å². The van der Waals surface area contributed by atoms with Crippen LogP contribution in [0.15, 0.2) is 38.0 Å². The lowest BCUT2D eigenvalue weighted by Crippen LogP contribution is -2.19. The van der Waals surface area contributed by atoms with Gasteiger partial charge in [-0.3, -0.25) is 9.59 Å². The minimum atomic E-state index is -0.669. The van der Waals surface area contributed by atoms with Crippen molar-refractivity contribution in [2.24, 2.45) is 5.92 Å². The molecule has 0 aliphatic rings. The van der Waals surface area contributed by atoms with Crippen LogP contribution in [0.5, 0.6) is 0 Å². The number of rotatable bonds is 6. The largest absolute Gasteiger partial charge is 0.294 e. The van der Waals surface area contributed by atoms with Gasteiger partial charge in [0.1, 0.15) is 0 Å². The van der Waals surface area contributed by atoms with Crippen molar-refractivity contribution in [3.05, 3.63) is 38.0 Å². The smallest absolute Gasteiger partial charge is 0.166 e. The Hall–Kier alpha value is -1.44. The highest BCUT2D eigenvalue weighted by molar-refractivity contribution is 6.11. The topological polar surface area (TPSA) is 34.1 Å². The number of hydrogen-bond donors (Lipinski definition) is 0. The summed E-state index contributed by atoms with van der Waals surface area (Å²) in [6, 6.07) is 0. The fraction of sp³-hybridized carbons (Fsp3) is 0.200. The summed E-state index contributed by atoms with van der Waals surface area (Å²) in [5.74, 6) is -1.22. The number of allylic oxidation sites excluding steroid dienone is 3. The molecule has 0 fully saturated rings. The van der Waals surface area contributed by atoms with Gasteiger partial charge in [0.25, 0.3) is 0 Å². The Labute approximate surface area is 72.3 Å². The van der Waals surface area contributed by atoms with Gasteiger partial charge in [0.2, 0.25) is 0 Å². The first kappa shape index (κ1) is 10.6. The van der Waals surface area contributed by atoms with E-state index in [4.69, 9.17) is 0 Å². The minimum absolute atomic E-state index is 0.278. The molecule has 0 saturated heterocycles. The molecular formula is C10H12O2. The van der Waals surface area contributed by atoms with Crippen molar-refractivity contribution in [3.8, 4) is 0 Å². The molecule has 0 unspecified atom stereocenters. The summed E-state index contributed by atoms with van der Waals surface area (Å²) in [5.41, 5.74) is 0. The van der Waals surface area contributed by atoms with Crippen LogP contribution >= 0.6 is 0 Å². The van der Waals surface area contributed by atoms with E-state index in [-0.39, 0.29) is 11.6 Å². The molecule has 0 aromatic carbocycles. The van der Waals surface area contributed by atoms with Gasteiger partial charge in [-0.25, -0.2) is 0 Å². The summed E-state index contributed by atoms with van der Waals surface area (Å²) >= 11 is 0. The van der Waals surface area contributed by atoms with Crippen LogP contribution in [0.4, 0.5) is 0 Å². The Bertz CT molecular complexity index is 206. The zero-order valence-corrected chi connectivity index (χ0v) is 6.95. The van der Waals surface area contributed by atoms with Crippen molar-refractivity contribution in [1.29, 1.82) is 0 Å². The first-order valence-corrected chi connectivity index (χ1v) is 3.60. The lowest BCUT2D eigenvalue weighted by atomic mass is 9.95. The van der Waals surface area contributed by atoms with E-state index in [1.54, 1.807) is 0 Å². The van der Waals surface area contributed by atoms with E-state index in [0.29, 0.717) is 6.42 Å². The summed E-state index contributed by atoms with van der Waals surface area (Å²) < 4.78 is 0. The molecule has 0 N–H and O–H groups in total. The second-order valence-corrected chi connectivity index (χ2v) is 2.29. The first-order valence-electron chi connectivity index (χ1n) is 3.60. The molecule has 12 heavy (non-hydrogen) atoms. The summed E-state index contributed by atoms with van der Waals surface area (Å²) in [4.78, 5) is 22.1. The fourth-order valence-corrected chi connectivity index (χ4v) is 0.824. The van der Waals surface area contributed by atoms with Gasteiger partial charge in [-0.2, -0.15) is 0 Å². The van der Waals surface area contributed by atoms with Crippen LogP contribution in [-0.2, 0) is 9.59 Å². The van der Waals surface area contributed by atoms with E-state index in [0.717, 1.165) is 12.2 Å². The molecule has 0 bridgehead atoms. The lowest BCUT2D eigenvalue weighted by molar-refractivity contribution is -0.127. The van der Waals surface area contributed by atoms with Crippen LogP contribution in [0, 0.1) is 5.92 Å². The van der Waals surface area contributed by atoms with Crippen LogP contribution in [0.1, 0.15) is 6.42 Å². The zero-order chi connectivity index (χ0) is 9.56. The molecule has 0 aromatic rings. The van der Waals surface area contributed by atoms with Gasteiger partial charge < -0.3 is 0 Å². The summed E-state index contributed by atoms with van der Waals surface area (Å²) in [6.07, 6.45) is 4.17. The molecule has 0 aliphatic carbocycles. The fourth-order valence-electron chi connectivity index (χ4n) is 0.824. The highest BCUT2D eigenvalue weighted by Gasteiger charge is 2.19. The molecule has 2 nitrogen and oxygen atoms in total. The quantitative estimate of drug-likeness (QED) is 0.340. The van der Waals surface area contributed by atoms with Crippen LogP contribution in [0.25, 0.3) is 0 Å². The number of ketones is 2. The van der Waals surface area contributed by atoms with E-state index in [2.05, 4.69) is 19.7 Å². The molecule has 2 heteroatoms. The van der Waals surface area contributed by atoms with E-state index in [1.165, 1.54) is 6.08 Å². The zero-order valence-electron chi connectivity index (χ0n) is 6.95. The van der Waals surface area contributed by atoms with Gasteiger partial charge in [0.05, 0.1) is 5.92 Å². The Morgan fingerprint density at radius 2 is 1.50 bits per heavy atom. The Balaban J connectivity index is 4.51. The molecule has 0 aromatic heterocycles. The maximum atomic E-state index is 11.1. The predicted octanol–water partition coefficient (Wildman–Crippen LogP) is 1.69. The molecule has 64 valence electrons. The second kappa shape index (κ2) is 5.24. The molecule has 0 atom stereocenters. The lowest BCUT2D eigenvalue weighted by Gasteiger charge is -2.05. The monoisotopic (exact) mass is 164 g/mol. The van der Waals surface area contributed by atoms with Crippen molar-refractivity contribution < 1.29 is 9.59 Å². The number of carbonyl (C=O) groups is 2. The van der Waals surface area contributed by atoms with Crippen LogP contribution in [-0.4, -0.2) is 11.6 Å². The van der Waals surface area contributed by atoms with Crippen LogP contribution in [0.2, 0.25) is 0 Å². The number of hydrogen-bond acceptors (Lipinski definition) is 2. The van der Waals surface area contributed by atoms with Crippen molar-refractivity contribution in [3.63, 3.8) is 0 Å². The maximum absolute atomic E-state index is 11.1. The maximum Gasteiger partial charge on any atom is 0.166 e. The van der Waals surface area contributed by atoms with Crippen molar-refractivity contribution >= 4 is 11.6 Å². The van der Waals surface area contributed by atoms with Crippen LogP contribution < -0.4 is 0 Å². The van der Waals surface area contributed by atoms with E-state index < -0.39 is 5.92 Å². The first-order chi connectivity index (χ1) is 5.67. The van der Waals surface area contributed by atoms with Crippen molar-refractivity contribution in [2.75, 3.05) is 0 Å². The van der Waals surface area contributed by atoms with Gasteiger partial charge in [-0.05, 0) is 18.6 Å². The highest BCUT2D eigenvalue weighted by atomic mass is 16.1. The average Bonchev–Trinajstić information content (AvgIpc) is 2.11. The molecule has 0 radical (unpaired) electrons. The Morgan fingerprint density at radius 3 is 1.75 bits per heavy atom. The Kier molecular flexibility index (Phi) is 4.61. The SMILES string of the molecule is C=CCC(C(=O)C=C)C(=O)C=C. The molecule has 0 spiro atoms. The van der Waals surface area contributed by atoms with Gasteiger partial charge in [0, 0.05) is 0 Å². The molecular weight excluding hydrogens is 152 g/mol. The third-order valence-electron chi connectivity index (χ3n) is 1.49. The summed E-state index contributed by atoms with van der Waals surface area (Å²) in [7, 11) is 0. The van der Waals surface area contributed by atoms with Crippen molar-refractivity contribution in [2.45, 2.75) is 6.42 Å². The van der Waals surface area contributed by atoms with Crippen LogP contribution in [0.3, 0.4) is 0 Å². The second-order valence-electron chi connectivity index (χ2n) is 2.29. The van der Waals surface area contributed by atoms with E-state index in [1.807, 2.05) is 0 Å². The van der Waals surface area contributed by atoms with Gasteiger partial charge in [-0.15, -0.1) is 6.58 Å². The van der Waals surface area contributed by atoms with Gasteiger partial charge in [-0.1, -0.05) is 19.2 Å². The molecule has 0 amide bonds. The average molecular weight is 164 g/mol. The van der Waals surface area contributed by atoms with E-state index >= 15 is 0 Å². The standard InChI is InChI=1S/C10H12O2/c1-4-7-8(9(11)5-2)10(12)6-3/h4-6,8H,1-3,7H2. The van der Waals surface area contributed by atoms with E-state index in [9.17, 15) is 9.59 Å². The minimum Gasteiger partial charge on any atom is -0.294 e.